The Labute approximate surface area is 206 Å². The lowest BCUT2D eigenvalue weighted by atomic mass is 9.63. The quantitative estimate of drug-likeness (QED) is 0.241. The molecular formula is C32H44F2. The molecule has 0 heterocycles. The van der Waals surface area contributed by atoms with E-state index in [9.17, 15) is 4.39 Å². The molecule has 34 heavy (non-hydrogen) atoms. The van der Waals surface area contributed by atoms with Gasteiger partial charge in [0.1, 0.15) is 11.6 Å². The molecule has 0 radical (unpaired) electrons. The van der Waals surface area contributed by atoms with E-state index in [-0.39, 0.29) is 17.1 Å². The summed E-state index contributed by atoms with van der Waals surface area (Å²) >= 11 is 0. The summed E-state index contributed by atoms with van der Waals surface area (Å²) in [5, 5.41) is 0.894. The Balaban J connectivity index is 1.38. The first kappa shape index (κ1) is 25.4. The first-order chi connectivity index (χ1) is 16.6. The molecule has 2 aromatic rings. The third kappa shape index (κ3) is 6.10. The van der Waals surface area contributed by atoms with Gasteiger partial charge in [0.05, 0.1) is 5.39 Å². The predicted molar refractivity (Wildman–Crippen MR) is 141 cm³/mol. The van der Waals surface area contributed by atoms with Gasteiger partial charge in [0.15, 0.2) is 0 Å². The van der Waals surface area contributed by atoms with Crippen LogP contribution < -0.4 is 0 Å². The molecule has 0 saturated heterocycles. The molecule has 0 aliphatic heterocycles. The van der Waals surface area contributed by atoms with Crippen LogP contribution in [0.5, 0.6) is 0 Å². The van der Waals surface area contributed by atoms with Crippen LogP contribution in [0.15, 0.2) is 36.4 Å². The van der Waals surface area contributed by atoms with E-state index in [1.807, 2.05) is 31.2 Å². The fourth-order valence-electron chi connectivity index (χ4n) is 6.89. The number of fused-ring (bicyclic) bond motifs is 2. The topological polar surface area (TPSA) is 0 Å². The van der Waals surface area contributed by atoms with E-state index in [1.54, 1.807) is 6.07 Å². The van der Waals surface area contributed by atoms with Crippen LogP contribution in [0.4, 0.5) is 8.78 Å². The standard InChI is InChI=1S/C32H44F2/c1-3-5-7-8-10-11-23-13-14-26-22-27(16-15-25(26)19-23)29-18-17-28-20-24(12-9-6-4-2)21-30(33)31(28)32(29)34/h4,6,17-18,20-21,23,25-27H,3,5,7-16,19,22H2,1-2H3/b6-4+/t23?,25-,26?,27-/m1/s1. The number of rotatable bonds is 10. The summed E-state index contributed by atoms with van der Waals surface area (Å²) in [6, 6.07) is 7.42. The lowest BCUT2D eigenvalue weighted by Crippen LogP contribution is -2.30. The van der Waals surface area contributed by atoms with Gasteiger partial charge in [-0.05, 0) is 98.1 Å². The average molecular weight is 467 g/mol. The van der Waals surface area contributed by atoms with Crippen LogP contribution in [-0.4, -0.2) is 0 Å². The summed E-state index contributed by atoms with van der Waals surface area (Å²) in [7, 11) is 0. The lowest BCUT2D eigenvalue weighted by Gasteiger charge is -2.42. The highest BCUT2D eigenvalue weighted by Crippen LogP contribution is 2.49. The van der Waals surface area contributed by atoms with Crippen molar-refractivity contribution in [3.05, 3.63) is 59.2 Å². The molecule has 2 aliphatic rings. The first-order valence-corrected chi connectivity index (χ1v) is 14.1. The van der Waals surface area contributed by atoms with Crippen molar-refractivity contribution in [3.63, 3.8) is 0 Å². The molecule has 0 spiro atoms. The van der Waals surface area contributed by atoms with Gasteiger partial charge in [0.25, 0.3) is 0 Å². The SMILES string of the molecule is C/C=C/CCc1cc(F)c2c(F)c([C@@H]3CC[C@@H]4CC(CCCCCCC)CCC4C3)ccc2c1. The van der Waals surface area contributed by atoms with Crippen molar-refractivity contribution in [3.8, 4) is 0 Å². The zero-order valence-corrected chi connectivity index (χ0v) is 21.4. The normalized spacial score (nSPS) is 25.2. The van der Waals surface area contributed by atoms with Crippen molar-refractivity contribution in [2.45, 2.75) is 110 Å². The maximum atomic E-state index is 15.6. The number of allylic oxidation sites excluding steroid dienone is 2. The molecule has 186 valence electrons. The highest BCUT2D eigenvalue weighted by atomic mass is 19.1. The molecule has 0 amide bonds. The maximum Gasteiger partial charge on any atom is 0.137 e. The molecule has 0 N–H and O–H groups in total. The molecule has 2 heteroatoms. The highest BCUT2D eigenvalue weighted by molar-refractivity contribution is 5.85. The van der Waals surface area contributed by atoms with E-state index in [2.05, 4.69) is 13.0 Å². The zero-order chi connectivity index (χ0) is 23.9. The minimum atomic E-state index is -0.402. The average Bonchev–Trinajstić information content (AvgIpc) is 2.84. The molecule has 4 rings (SSSR count). The number of unbranched alkanes of at least 4 members (excludes halogenated alkanes) is 4. The monoisotopic (exact) mass is 466 g/mol. The molecule has 2 saturated carbocycles. The Morgan fingerprint density at radius 2 is 1.71 bits per heavy atom. The van der Waals surface area contributed by atoms with Crippen LogP contribution in [-0.2, 0) is 6.42 Å². The van der Waals surface area contributed by atoms with Gasteiger partial charge in [-0.25, -0.2) is 8.78 Å². The second-order valence-corrected chi connectivity index (χ2v) is 11.2. The van der Waals surface area contributed by atoms with Crippen LogP contribution in [0, 0.1) is 29.4 Å². The van der Waals surface area contributed by atoms with Gasteiger partial charge < -0.3 is 0 Å². The molecule has 2 aliphatic carbocycles. The summed E-state index contributed by atoms with van der Waals surface area (Å²) < 4.78 is 30.6. The van der Waals surface area contributed by atoms with Gasteiger partial charge in [0.2, 0.25) is 0 Å². The number of hydrogen-bond acceptors (Lipinski definition) is 0. The second kappa shape index (κ2) is 12.3. The van der Waals surface area contributed by atoms with Crippen LogP contribution in [0.3, 0.4) is 0 Å². The largest absolute Gasteiger partial charge is 0.206 e. The van der Waals surface area contributed by atoms with Crippen LogP contribution in [0.25, 0.3) is 10.8 Å². The molecule has 4 atom stereocenters. The zero-order valence-electron chi connectivity index (χ0n) is 21.4. The van der Waals surface area contributed by atoms with Crippen molar-refractivity contribution in [2.24, 2.45) is 17.8 Å². The Bertz CT molecular complexity index is 959. The van der Waals surface area contributed by atoms with E-state index in [0.29, 0.717) is 5.39 Å². The van der Waals surface area contributed by atoms with Crippen LogP contribution in [0.2, 0.25) is 0 Å². The third-order valence-electron chi connectivity index (χ3n) is 8.81. The smallest absolute Gasteiger partial charge is 0.137 e. The Morgan fingerprint density at radius 1 is 0.912 bits per heavy atom. The first-order valence-electron chi connectivity index (χ1n) is 14.1. The van der Waals surface area contributed by atoms with E-state index in [4.69, 9.17) is 0 Å². The van der Waals surface area contributed by atoms with Crippen molar-refractivity contribution in [2.75, 3.05) is 0 Å². The minimum absolute atomic E-state index is 0.196. The molecule has 2 aromatic carbocycles. The van der Waals surface area contributed by atoms with E-state index < -0.39 is 5.82 Å². The predicted octanol–water partition coefficient (Wildman–Crippen LogP) is 10.3. The highest BCUT2D eigenvalue weighted by Gasteiger charge is 2.36. The summed E-state index contributed by atoms with van der Waals surface area (Å²) in [6.07, 6.45) is 21.5. The summed E-state index contributed by atoms with van der Waals surface area (Å²) in [4.78, 5) is 0. The number of halogens is 2. The Kier molecular flexibility index (Phi) is 9.20. The molecule has 2 fully saturated rings. The van der Waals surface area contributed by atoms with Gasteiger partial charge in [-0.1, -0.05) is 82.2 Å². The minimum Gasteiger partial charge on any atom is -0.206 e. The summed E-state index contributed by atoms with van der Waals surface area (Å²) in [6.45, 7) is 4.27. The third-order valence-corrected chi connectivity index (χ3v) is 8.81. The van der Waals surface area contributed by atoms with E-state index >= 15 is 4.39 Å². The Morgan fingerprint density at radius 3 is 2.53 bits per heavy atom. The van der Waals surface area contributed by atoms with E-state index in [0.717, 1.165) is 54.6 Å². The molecular weight excluding hydrogens is 422 g/mol. The summed E-state index contributed by atoms with van der Waals surface area (Å²) in [5.74, 6) is 1.99. The molecule has 0 nitrogen and oxygen atoms in total. The van der Waals surface area contributed by atoms with Gasteiger partial charge in [-0.3, -0.25) is 0 Å². The van der Waals surface area contributed by atoms with Gasteiger partial charge >= 0.3 is 0 Å². The van der Waals surface area contributed by atoms with Gasteiger partial charge in [-0.2, -0.15) is 0 Å². The molecule has 2 unspecified atom stereocenters. The fraction of sp³-hybridized carbons (Fsp3) is 0.625. The number of benzene rings is 2. The fourth-order valence-corrected chi connectivity index (χ4v) is 6.89. The summed E-state index contributed by atoms with van der Waals surface area (Å²) in [5.41, 5.74) is 1.70. The van der Waals surface area contributed by atoms with Crippen molar-refractivity contribution >= 4 is 10.8 Å². The molecule has 0 aromatic heterocycles. The van der Waals surface area contributed by atoms with Crippen molar-refractivity contribution in [1.82, 2.24) is 0 Å². The Hall–Kier alpha value is -1.70. The molecule has 0 bridgehead atoms. The van der Waals surface area contributed by atoms with E-state index in [1.165, 1.54) is 64.2 Å². The number of aryl methyl sites for hydroxylation is 1. The van der Waals surface area contributed by atoms with Crippen molar-refractivity contribution in [1.29, 1.82) is 0 Å². The maximum absolute atomic E-state index is 15.6. The lowest BCUT2D eigenvalue weighted by molar-refractivity contribution is 0.112. The number of hydrogen-bond donors (Lipinski definition) is 0. The van der Waals surface area contributed by atoms with Gasteiger partial charge in [-0.15, -0.1) is 0 Å². The second-order valence-electron chi connectivity index (χ2n) is 11.2. The van der Waals surface area contributed by atoms with Crippen molar-refractivity contribution < 1.29 is 8.78 Å². The van der Waals surface area contributed by atoms with Crippen LogP contribution >= 0.6 is 0 Å². The van der Waals surface area contributed by atoms with Gasteiger partial charge in [0, 0.05) is 0 Å². The van der Waals surface area contributed by atoms with Crippen LogP contribution in [0.1, 0.15) is 114 Å².